The zero-order valence-corrected chi connectivity index (χ0v) is 13.0. The van der Waals surface area contributed by atoms with Gasteiger partial charge in [0.15, 0.2) is 5.78 Å². The molecule has 0 spiro atoms. The first-order chi connectivity index (χ1) is 11.0. The number of Topliss-reactive ketones (excluding diaryl/α,β-unsaturated/α-hetero) is 2. The Hall–Kier alpha value is -2.47. The molecule has 2 aromatic rings. The van der Waals surface area contributed by atoms with E-state index in [0.717, 1.165) is 5.56 Å². The first-order valence-corrected chi connectivity index (χ1v) is 7.55. The van der Waals surface area contributed by atoms with Gasteiger partial charge in [0.05, 0.1) is 18.3 Å². The number of carbonyl (C=O) groups excluding carboxylic acids is 2. The Balaban J connectivity index is 1.80. The number of rotatable bonds is 4. The summed E-state index contributed by atoms with van der Waals surface area (Å²) in [5.74, 6) is -0.915. The summed E-state index contributed by atoms with van der Waals surface area (Å²) in [6.45, 7) is 0.427. The van der Waals surface area contributed by atoms with Gasteiger partial charge in [-0.15, -0.1) is 0 Å². The van der Waals surface area contributed by atoms with Crippen LogP contribution in [0.15, 0.2) is 42.1 Å². The molecule has 1 aliphatic carbocycles. The van der Waals surface area contributed by atoms with Gasteiger partial charge in [0.25, 0.3) is 0 Å². The fourth-order valence-electron chi connectivity index (χ4n) is 2.48. The van der Waals surface area contributed by atoms with Crippen LogP contribution < -0.4 is 0 Å². The van der Waals surface area contributed by atoms with E-state index >= 15 is 0 Å². The molecule has 0 saturated heterocycles. The molecule has 0 atom stereocenters. The number of aliphatic hydroxyl groups excluding tert-OH is 1. The van der Waals surface area contributed by atoms with Gasteiger partial charge < -0.3 is 5.11 Å². The van der Waals surface area contributed by atoms with Gasteiger partial charge in [0, 0.05) is 25.2 Å². The van der Waals surface area contributed by atoms with Gasteiger partial charge >= 0.3 is 0 Å². The van der Waals surface area contributed by atoms with Gasteiger partial charge in [0.2, 0.25) is 5.78 Å². The van der Waals surface area contributed by atoms with Gasteiger partial charge in [-0.1, -0.05) is 17.7 Å². The number of hydrogen-bond acceptors (Lipinski definition) is 5. The minimum Gasteiger partial charge on any atom is -0.511 e. The van der Waals surface area contributed by atoms with Crippen LogP contribution in [-0.2, 0) is 11.3 Å². The van der Waals surface area contributed by atoms with Crippen molar-refractivity contribution in [1.82, 2.24) is 14.8 Å². The normalized spacial score (nSPS) is 15.1. The third-order valence-electron chi connectivity index (χ3n) is 3.64. The van der Waals surface area contributed by atoms with Crippen LogP contribution in [0.4, 0.5) is 0 Å². The van der Waals surface area contributed by atoms with Crippen molar-refractivity contribution in [3.05, 3.63) is 58.3 Å². The second kappa shape index (κ2) is 6.34. The van der Waals surface area contributed by atoms with E-state index in [0.29, 0.717) is 24.5 Å². The topological polar surface area (TPSA) is 85.1 Å². The van der Waals surface area contributed by atoms with Crippen molar-refractivity contribution < 1.29 is 14.7 Å². The minimum atomic E-state index is -0.479. The number of halogens is 1. The molecule has 0 amide bonds. The van der Waals surface area contributed by atoms with E-state index < -0.39 is 5.78 Å². The number of hydrogen-bond donors (Lipinski definition) is 1. The molecule has 0 unspecified atom stereocenters. The molecule has 1 aliphatic rings. The van der Waals surface area contributed by atoms with Gasteiger partial charge in [-0.25, -0.2) is 4.98 Å². The van der Waals surface area contributed by atoms with Crippen molar-refractivity contribution in [3.63, 3.8) is 0 Å². The SMILES string of the molecule is O=C1CCCC(O)=C1C(=O)c1cnn(Cc2ccc(Cl)nc2)c1. The third-order valence-corrected chi connectivity index (χ3v) is 3.86. The van der Waals surface area contributed by atoms with Crippen molar-refractivity contribution in [3.8, 4) is 0 Å². The molecule has 2 heterocycles. The van der Waals surface area contributed by atoms with Crippen LogP contribution in [0.5, 0.6) is 0 Å². The zero-order chi connectivity index (χ0) is 16.4. The largest absolute Gasteiger partial charge is 0.511 e. The monoisotopic (exact) mass is 331 g/mol. The Morgan fingerprint density at radius 2 is 2.13 bits per heavy atom. The average molecular weight is 332 g/mol. The Kier molecular flexibility index (Phi) is 4.25. The Labute approximate surface area is 137 Å². The lowest BCUT2D eigenvalue weighted by Crippen LogP contribution is -2.19. The van der Waals surface area contributed by atoms with Gasteiger partial charge in [-0.3, -0.25) is 14.3 Å². The highest BCUT2D eigenvalue weighted by atomic mass is 35.5. The van der Waals surface area contributed by atoms with E-state index in [-0.39, 0.29) is 29.1 Å². The molecule has 7 heteroatoms. The van der Waals surface area contributed by atoms with Crippen molar-refractivity contribution in [2.45, 2.75) is 25.8 Å². The molecule has 3 rings (SSSR count). The summed E-state index contributed by atoms with van der Waals surface area (Å²) in [4.78, 5) is 28.3. The van der Waals surface area contributed by atoms with Gasteiger partial charge in [0.1, 0.15) is 16.5 Å². The van der Waals surface area contributed by atoms with Crippen LogP contribution in [0.1, 0.15) is 35.2 Å². The first-order valence-electron chi connectivity index (χ1n) is 7.17. The number of pyridine rings is 1. The van der Waals surface area contributed by atoms with Crippen LogP contribution in [0.2, 0.25) is 5.15 Å². The molecule has 0 aromatic carbocycles. The zero-order valence-electron chi connectivity index (χ0n) is 12.2. The second-order valence-electron chi connectivity index (χ2n) is 5.34. The van der Waals surface area contributed by atoms with E-state index in [4.69, 9.17) is 11.6 Å². The van der Waals surface area contributed by atoms with Crippen LogP contribution in [0.3, 0.4) is 0 Å². The van der Waals surface area contributed by atoms with E-state index in [9.17, 15) is 14.7 Å². The summed E-state index contributed by atoms with van der Waals surface area (Å²) < 4.78 is 1.57. The predicted octanol–water partition coefficient (Wildman–Crippen LogP) is 2.73. The summed E-state index contributed by atoms with van der Waals surface area (Å²) >= 11 is 5.73. The van der Waals surface area contributed by atoms with Gasteiger partial charge in [-0.2, -0.15) is 5.10 Å². The maximum Gasteiger partial charge on any atom is 0.203 e. The van der Waals surface area contributed by atoms with Crippen LogP contribution in [-0.4, -0.2) is 31.4 Å². The number of ketones is 2. The fraction of sp³-hybridized carbons (Fsp3) is 0.250. The Morgan fingerprint density at radius 3 is 2.83 bits per heavy atom. The molecule has 0 fully saturated rings. The lowest BCUT2D eigenvalue weighted by Gasteiger charge is -2.13. The van der Waals surface area contributed by atoms with Gasteiger partial charge in [-0.05, 0) is 18.1 Å². The number of aliphatic hydroxyl groups is 1. The van der Waals surface area contributed by atoms with Crippen LogP contribution in [0.25, 0.3) is 0 Å². The minimum absolute atomic E-state index is 0.107. The van der Waals surface area contributed by atoms with E-state index in [1.165, 1.54) is 6.20 Å². The Bertz CT molecular complexity index is 793. The average Bonchev–Trinajstić information content (AvgIpc) is 2.98. The maximum atomic E-state index is 12.4. The van der Waals surface area contributed by atoms with Crippen molar-refractivity contribution in [2.24, 2.45) is 0 Å². The second-order valence-corrected chi connectivity index (χ2v) is 5.73. The molecule has 0 bridgehead atoms. The number of carbonyl (C=O) groups is 2. The number of nitrogens with zero attached hydrogens (tertiary/aromatic N) is 3. The van der Waals surface area contributed by atoms with E-state index in [1.807, 2.05) is 6.07 Å². The van der Waals surface area contributed by atoms with Crippen molar-refractivity contribution >= 4 is 23.2 Å². The third kappa shape index (κ3) is 3.32. The van der Waals surface area contributed by atoms with Crippen LogP contribution in [0, 0.1) is 0 Å². The molecule has 2 aromatic heterocycles. The highest BCUT2D eigenvalue weighted by Crippen LogP contribution is 2.23. The summed E-state index contributed by atoms with van der Waals surface area (Å²) in [5, 5.41) is 14.4. The Morgan fingerprint density at radius 1 is 1.30 bits per heavy atom. The van der Waals surface area contributed by atoms with Crippen molar-refractivity contribution in [2.75, 3.05) is 0 Å². The van der Waals surface area contributed by atoms with Crippen LogP contribution >= 0.6 is 11.6 Å². The fourth-order valence-corrected chi connectivity index (χ4v) is 2.60. The molecular weight excluding hydrogens is 318 g/mol. The summed E-state index contributed by atoms with van der Waals surface area (Å²) in [6, 6.07) is 3.49. The lowest BCUT2D eigenvalue weighted by molar-refractivity contribution is -0.116. The predicted molar refractivity (Wildman–Crippen MR) is 83.4 cm³/mol. The molecule has 118 valence electrons. The standard InChI is InChI=1S/C16H14ClN3O3/c17-14-5-4-10(6-18-14)8-20-9-11(7-19-20)16(23)15-12(21)2-1-3-13(15)22/h4-7,9,21H,1-3,8H2. The maximum absolute atomic E-state index is 12.4. The summed E-state index contributed by atoms with van der Waals surface area (Å²) in [5.41, 5.74) is 1.06. The number of aromatic nitrogens is 3. The molecule has 0 saturated carbocycles. The number of allylic oxidation sites excluding steroid dienone is 2. The highest BCUT2D eigenvalue weighted by molar-refractivity contribution is 6.29. The van der Waals surface area contributed by atoms with E-state index in [2.05, 4.69) is 10.1 Å². The quantitative estimate of drug-likeness (QED) is 0.529. The van der Waals surface area contributed by atoms with Crippen molar-refractivity contribution in [1.29, 1.82) is 0 Å². The molecule has 1 N–H and O–H groups in total. The smallest absolute Gasteiger partial charge is 0.203 e. The summed E-state index contributed by atoms with van der Waals surface area (Å²) in [6.07, 6.45) is 5.80. The molecule has 23 heavy (non-hydrogen) atoms. The molecule has 0 radical (unpaired) electrons. The summed E-state index contributed by atoms with van der Waals surface area (Å²) in [7, 11) is 0. The molecular formula is C16H14ClN3O3. The highest BCUT2D eigenvalue weighted by Gasteiger charge is 2.28. The lowest BCUT2D eigenvalue weighted by atomic mass is 9.91. The molecule has 6 nitrogen and oxygen atoms in total. The molecule has 0 aliphatic heterocycles. The first kappa shape index (κ1) is 15.4. The van der Waals surface area contributed by atoms with E-state index in [1.54, 1.807) is 23.1 Å².